The van der Waals surface area contributed by atoms with Crippen LogP contribution >= 0.6 is 0 Å². The molecule has 5 aromatic rings. The second-order valence-electron chi connectivity index (χ2n) is 15.8. The molecule has 0 spiro atoms. The number of hydrogen-bond acceptors (Lipinski definition) is 5. The van der Waals surface area contributed by atoms with E-state index in [0.717, 1.165) is 73.8 Å². The first-order chi connectivity index (χ1) is 29.0. The third kappa shape index (κ3) is 8.94. The van der Waals surface area contributed by atoms with Crippen LogP contribution in [0.4, 0.5) is 33.3 Å². The number of rotatable bonds is 11. The number of anilines is 2. The molecule has 5 aromatic carbocycles. The third-order valence-corrected chi connectivity index (χ3v) is 12.0. The molecule has 7 nitrogen and oxygen atoms in total. The summed E-state index contributed by atoms with van der Waals surface area (Å²) in [7, 11) is 0. The molecule has 2 aliphatic heterocycles. The minimum absolute atomic E-state index is 0.0259. The van der Waals surface area contributed by atoms with E-state index in [4.69, 9.17) is 0 Å². The molecule has 8 rings (SSSR count). The summed E-state index contributed by atoms with van der Waals surface area (Å²) in [6.45, 7) is 6.14. The topological polar surface area (TPSA) is 50.3 Å². The van der Waals surface area contributed by atoms with Crippen LogP contribution < -0.4 is 9.80 Å². The number of alkyl halides is 3. The van der Waals surface area contributed by atoms with E-state index in [2.05, 4.69) is 39.0 Å². The minimum atomic E-state index is -4.51. The Labute approximate surface area is 346 Å². The fraction of sp³-hybridized carbons (Fsp3) is 0.292. The van der Waals surface area contributed by atoms with Gasteiger partial charge in [0.1, 0.15) is 5.54 Å². The highest BCUT2D eigenvalue weighted by molar-refractivity contribution is 6.00. The van der Waals surface area contributed by atoms with Crippen LogP contribution in [0.3, 0.4) is 0 Å². The van der Waals surface area contributed by atoms with Crippen molar-refractivity contribution in [1.29, 1.82) is 0 Å². The quantitative estimate of drug-likeness (QED) is 0.0988. The molecule has 2 atom stereocenters. The molecule has 0 N–H and O–H groups in total. The van der Waals surface area contributed by atoms with E-state index >= 15 is 4.79 Å². The van der Waals surface area contributed by atoms with Crippen molar-refractivity contribution in [2.45, 2.75) is 37.1 Å². The highest BCUT2D eigenvalue weighted by Crippen LogP contribution is 2.57. The minimum Gasteiger partial charge on any atom is -0.368 e. The number of carbonyl (C=O) groups is 2. The molecule has 2 unspecified atom stereocenters. The number of amides is 2. The highest BCUT2D eigenvalue weighted by atomic mass is 19.4. The molecule has 12 heteroatoms. The van der Waals surface area contributed by atoms with E-state index in [-0.39, 0.29) is 18.9 Å². The van der Waals surface area contributed by atoms with E-state index in [9.17, 15) is 26.7 Å². The Kier molecular flexibility index (Phi) is 11.8. The Morgan fingerprint density at radius 2 is 1.27 bits per heavy atom. The van der Waals surface area contributed by atoms with Crippen molar-refractivity contribution in [3.8, 4) is 0 Å². The van der Waals surface area contributed by atoms with Crippen LogP contribution in [-0.2, 0) is 28.9 Å². The van der Waals surface area contributed by atoms with E-state index in [1.165, 1.54) is 40.9 Å². The zero-order valence-electron chi connectivity index (χ0n) is 33.1. The van der Waals surface area contributed by atoms with Gasteiger partial charge in [-0.2, -0.15) is 13.2 Å². The molecular weight excluding hydrogens is 774 g/mol. The van der Waals surface area contributed by atoms with Crippen LogP contribution in [0.5, 0.6) is 0 Å². The van der Waals surface area contributed by atoms with Crippen molar-refractivity contribution in [1.82, 2.24) is 14.7 Å². The summed E-state index contributed by atoms with van der Waals surface area (Å²) in [5.74, 6) is -3.50. The second kappa shape index (κ2) is 17.3. The molecule has 3 fully saturated rings. The Bertz CT molecular complexity index is 2290. The molecule has 1 saturated carbocycles. The summed E-state index contributed by atoms with van der Waals surface area (Å²) in [5, 5.41) is 0. The highest BCUT2D eigenvalue weighted by Gasteiger charge is 2.66. The van der Waals surface area contributed by atoms with Crippen LogP contribution in [0.25, 0.3) is 6.08 Å². The lowest BCUT2D eigenvalue weighted by Gasteiger charge is -2.40. The summed E-state index contributed by atoms with van der Waals surface area (Å²) < 4.78 is 68.9. The Hall–Kier alpha value is -6.01. The predicted molar refractivity (Wildman–Crippen MR) is 223 cm³/mol. The van der Waals surface area contributed by atoms with Crippen molar-refractivity contribution in [2.24, 2.45) is 0 Å². The third-order valence-electron chi connectivity index (χ3n) is 12.0. The molecule has 2 amide bonds. The van der Waals surface area contributed by atoms with Crippen molar-refractivity contribution >= 4 is 29.3 Å². The second-order valence-corrected chi connectivity index (χ2v) is 15.8. The molecule has 60 heavy (non-hydrogen) atoms. The first-order valence-corrected chi connectivity index (χ1v) is 20.3. The zero-order chi connectivity index (χ0) is 41.9. The molecule has 3 aliphatic rings. The number of hydrogen-bond donors (Lipinski definition) is 0. The molecular formula is C48H46F5N5O2. The van der Waals surface area contributed by atoms with Crippen molar-refractivity contribution in [3.05, 3.63) is 173 Å². The van der Waals surface area contributed by atoms with Crippen molar-refractivity contribution in [2.75, 3.05) is 62.2 Å². The fourth-order valence-corrected chi connectivity index (χ4v) is 8.56. The maximum Gasteiger partial charge on any atom is 0.416 e. The van der Waals surface area contributed by atoms with E-state index in [1.807, 2.05) is 60.7 Å². The smallest absolute Gasteiger partial charge is 0.368 e. The number of halogens is 5. The molecule has 310 valence electrons. The normalized spacial score (nSPS) is 19.8. The van der Waals surface area contributed by atoms with E-state index < -0.39 is 40.7 Å². The Morgan fingerprint density at radius 1 is 0.667 bits per heavy atom. The predicted octanol–water partition coefficient (Wildman–Crippen LogP) is 8.62. The average molecular weight is 820 g/mol. The summed E-state index contributed by atoms with van der Waals surface area (Å²) in [4.78, 5) is 39.8. The number of piperazine rings is 2. The number of carbonyl (C=O) groups excluding carboxylic acids is 2. The molecule has 0 aromatic heterocycles. The van der Waals surface area contributed by atoms with E-state index in [0.29, 0.717) is 37.3 Å². The van der Waals surface area contributed by atoms with Crippen molar-refractivity contribution < 1.29 is 31.5 Å². The maximum absolute atomic E-state index is 15.0. The number of nitrogens with zero attached hydrogens (tertiary/aromatic N) is 5. The summed E-state index contributed by atoms with van der Waals surface area (Å²) in [6, 6.07) is 36.3. The first-order valence-electron chi connectivity index (χ1n) is 20.3. The van der Waals surface area contributed by atoms with Gasteiger partial charge >= 0.3 is 6.18 Å². The monoisotopic (exact) mass is 819 g/mol. The van der Waals surface area contributed by atoms with Gasteiger partial charge in [-0.1, -0.05) is 78.9 Å². The lowest BCUT2D eigenvalue weighted by Crippen LogP contribution is -2.57. The van der Waals surface area contributed by atoms with Crippen molar-refractivity contribution in [3.63, 3.8) is 0 Å². The standard InChI is InChI=1S/C48H46F5N5O2/c49-43-21-16-38(31-44(43)50)42-32-47(42,46(60)57-25-23-54(24-26-57)33-36-7-3-1-4-8-36)58(45(59)22-15-35-11-17-39(18-12-35)48(51,52)53)34-37-13-19-41(20-14-37)56-29-27-55(28-30-56)40-9-5-2-6-10-40/h1-22,31,42H,23-30,32-34H2/b22-15+. The van der Waals surface area contributed by atoms with Gasteiger partial charge in [0, 0.05) is 88.8 Å². The fourth-order valence-electron chi connectivity index (χ4n) is 8.56. The van der Waals surface area contributed by atoms with E-state index in [1.54, 1.807) is 4.90 Å². The summed E-state index contributed by atoms with van der Waals surface area (Å²) in [5.41, 5.74) is 2.66. The Morgan fingerprint density at radius 3 is 1.87 bits per heavy atom. The Balaban J connectivity index is 1.07. The SMILES string of the molecule is O=C(/C=C/c1ccc(C(F)(F)F)cc1)N(Cc1ccc(N2CCN(c3ccccc3)CC2)cc1)C1(C(=O)N2CCN(Cc3ccccc3)CC2)CC1c1ccc(F)c(F)c1. The van der Waals surface area contributed by atoms with Crippen LogP contribution in [0, 0.1) is 11.6 Å². The van der Waals surface area contributed by atoms with Gasteiger partial charge in [-0.3, -0.25) is 14.5 Å². The molecule has 2 saturated heterocycles. The first kappa shape index (κ1) is 40.8. The van der Waals surface area contributed by atoms with Crippen LogP contribution in [0.1, 0.15) is 40.2 Å². The van der Waals surface area contributed by atoms with Gasteiger partial charge in [-0.05, 0) is 83.3 Å². The molecule has 0 bridgehead atoms. The number of benzene rings is 5. The maximum atomic E-state index is 15.0. The lowest BCUT2D eigenvalue weighted by molar-refractivity contribution is -0.147. The molecule has 0 radical (unpaired) electrons. The van der Waals surface area contributed by atoms with Gasteiger partial charge in [0.15, 0.2) is 11.6 Å². The molecule has 1 aliphatic carbocycles. The van der Waals surface area contributed by atoms with Gasteiger partial charge in [-0.15, -0.1) is 0 Å². The molecule has 2 heterocycles. The van der Waals surface area contributed by atoms with Crippen LogP contribution in [0.15, 0.2) is 133 Å². The van der Waals surface area contributed by atoms with Gasteiger partial charge in [0.05, 0.1) is 5.56 Å². The van der Waals surface area contributed by atoms with Gasteiger partial charge < -0.3 is 19.6 Å². The van der Waals surface area contributed by atoms with Crippen LogP contribution in [0.2, 0.25) is 0 Å². The van der Waals surface area contributed by atoms with Gasteiger partial charge in [0.25, 0.3) is 0 Å². The summed E-state index contributed by atoms with van der Waals surface area (Å²) in [6.07, 6.45) is -1.62. The average Bonchev–Trinajstić information content (AvgIpc) is 4.03. The zero-order valence-corrected chi connectivity index (χ0v) is 33.1. The lowest BCUT2D eigenvalue weighted by atomic mass is 10.0. The summed E-state index contributed by atoms with van der Waals surface area (Å²) >= 11 is 0. The van der Waals surface area contributed by atoms with Crippen LogP contribution in [-0.4, -0.2) is 84.4 Å². The number of para-hydroxylation sites is 1. The largest absolute Gasteiger partial charge is 0.416 e. The van der Waals surface area contributed by atoms with Gasteiger partial charge in [-0.25, -0.2) is 8.78 Å². The van der Waals surface area contributed by atoms with Gasteiger partial charge in [0.2, 0.25) is 11.8 Å².